The third kappa shape index (κ3) is 2.49. The lowest BCUT2D eigenvalue weighted by Crippen LogP contribution is -2.44. The predicted octanol–water partition coefficient (Wildman–Crippen LogP) is 2.68. The minimum atomic E-state index is -0.0194. The molecule has 0 bridgehead atoms. The molecule has 19 heavy (non-hydrogen) atoms. The molecule has 1 saturated carbocycles. The van der Waals surface area contributed by atoms with Crippen LogP contribution in [0.5, 0.6) is 5.75 Å². The van der Waals surface area contributed by atoms with Crippen LogP contribution in [0.1, 0.15) is 43.4 Å². The first kappa shape index (κ1) is 14.4. The van der Waals surface area contributed by atoms with Gasteiger partial charge in [-0.15, -0.1) is 0 Å². The minimum Gasteiger partial charge on any atom is -0.496 e. The van der Waals surface area contributed by atoms with E-state index in [4.69, 9.17) is 4.74 Å². The van der Waals surface area contributed by atoms with E-state index in [1.54, 1.807) is 7.11 Å². The molecule has 1 aromatic carbocycles. The molecule has 0 radical (unpaired) electrons. The number of aliphatic hydroxyl groups excluding tert-OH is 1. The molecule has 3 heteroatoms. The summed E-state index contributed by atoms with van der Waals surface area (Å²) in [6.07, 6.45) is 4.37. The Balaban J connectivity index is 2.41. The molecule has 3 nitrogen and oxygen atoms in total. The molecule has 0 saturated heterocycles. The molecule has 0 spiro atoms. The molecule has 106 valence electrons. The average Bonchev–Trinajstić information content (AvgIpc) is 2.42. The highest BCUT2D eigenvalue weighted by Crippen LogP contribution is 2.51. The van der Waals surface area contributed by atoms with Crippen LogP contribution in [0.3, 0.4) is 0 Å². The summed E-state index contributed by atoms with van der Waals surface area (Å²) in [5.41, 5.74) is 2.47. The van der Waals surface area contributed by atoms with Gasteiger partial charge in [0.2, 0.25) is 0 Å². The third-order valence-electron chi connectivity index (χ3n) is 4.58. The zero-order valence-corrected chi connectivity index (χ0v) is 12.2. The second-order valence-corrected chi connectivity index (χ2v) is 5.53. The van der Waals surface area contributed by atoms with Gasteiger partial charge in [0.05, 0.1) is 13.7 Å². The van der Waals surface area contributed by atoms with Gasteiger partial charge in [0.25, 0.3) is 0 Å². The minimum absolute atomic E-state index is 0.0194. The topological polar surface area (TPSA) is 41.5 Å². The van der Waals surface area contributed by atoms with E-state index in [1.165, 1.54) is 17.5 Å². The zero-order valence-electron chi connectivity index (χ0n) is 12.2. The van der Waals surface area contributed by atoms with E-state index in [0.29, 0.717) is 0 Å². The van der Waals surface area contributed by atoms with Crippen LogP contribution < -0.4 is 10.1 Å². The van der Waals surface area contributed by atoms with E-state index in [1.807, 2.05) is 13.1 Å². The van der Waals surface area contributed by atoms with E-state index in [0.717, 1.165) is 25.0 Å². The van der Waals surface area contributed by atoms with Crippen LogP contribution in [0.4, 0.5) is 0 Å². The second-order valence-electron chi connectivity index (χ2n) is 5.53. The molecule has 0 aromatic heterocycles. The van der Waals surface area contributed by atoms with Gasteiger partial charge in [-0.1, -0.05) is 25.5 Å². The van der Waals surface area contributed by atoms with Crippen LogP contribution in [-0.4, -0.2) is 25.9 Å². The maximum absolute atomic E-state index is 9.81. The van der Waals surface area contributed by atoms with Crippen LogP contribution in [0.2, 0.25) is 0 Å². The fraction of sp³-hybridized carbons (Fsp3) is 0.625. The zero-order chi connectivity index (χ0) is 13.9. The number of methoxy groups -OCH3 is 1. The maximum Gasteiger partial charge on any atom is 0.123 e. The molecule has 0 amide bonds. The lowest BCUT2D eigenvalue weighted by Gasteiger charge is -2.47. The van der Waals surface area contributed by atoms with Crippen LogP contribution >= 0.6 is 0 Å². The van der Waals surface area contributed by atoms with Crippen molar-refractivity contribution in [3.05, 3.63) is 29.3 Å². The average molecular weight is 263 g/mol. The summed E-state index contributed by atoms with van der Waals surface area (Å²) < 4.78 is 5.51. The van der Waals surface area contributed by atoms with Crippen molar-refractivity contribution < 1.29 is 9.84 Å². The van der Waals surface area contributed by atoms with E-state index in [9.17, 15) is 5.11 Å². The highest BCUT2D eigenvalue weighted by atomic mass is 16.5. The van der Waals surface area contributed by atoms with Gasteiger partial charge in [0.1, 0.15) is 5.75 Å². The number of benzene rings is 1. The van der Waals surface area contributed by atoms with Crippen molar-refractivity contribution in [3.8, 4) is 5.75 Å². The van der Waals surface area contributed by atoms with Crippen LogP contribution in [0, 0.1) is 5.41 Å². The molecular formula is C16H25NO2. The van der Waals surface area contributed by atoms with Crippen LogP contribution in [-0.2, 0) is 6.42 Å². The molecule has 0 heterocycles. The molecular weight excluding hydrogens is 238 g/mol. The Morgan fingerprint density at radius 2 is 2.16 bits per heavy atom. The Morgan fingerprint density at radius 3 is 2.58 bits per heavy atom. The molecule has 1 aliphatic rings. The first-order valence-electron chi connectivity index (χ1n) is 7.15. The Bertz CT molecular complexity index is 421. The predicted molar refractivity (Wildman–Crippen MR) is 77.5 cm³/mol. The standard InChI is InChI=1S/C16H25NO2/c1-4-12-6-7-14(19-3)13(10-12)15(17-2)16(11-18)8-5-9-16/h6-7,10,15,17-18H,4-5,8-9,11H2,1-3H3. The van der Waals surface area contributed by atoms with E-state index >= 15 is 0 Å². The second kappa shape index (κ2) is 5.93. The molecule has 1 unspecified atom stereocenters. The van der Waals surface area contributed by atoms with Gasteiger partial charge in [0.15, 0.2) is 0 Å². The van der Waals surface area contributed by atoms with Gasteiger partial charge < -0.3 is 15.2 Å². The third-order valence-corrected chi connectivity index (χ3v) is 4.58. The van der Waals surface area contributed by atoms with Crippen LogP contribution in [0.25, 0.3) is 0 Å². The Labute approximate surface area is 116 Å². The number of aryl methyl sites for hydroxylation is 1. The van der Waals surface area contributed by atoms with Crippen molar-refractivity contribution in [2.75, 3.05) is 20.8 Å². The van der Waals surface area contributed by atoms with E-state index in [2.05, 4.69) is 24.4 Å². The van der Waals surface area contributed by atoms with Gasteiger partial charge in [0, 0.05) is 17.0 Å². The number of hydrogen-bond donors (Lipinski definition) is 2. The fourth-order valence-corrected chi connectivity index (χ4v) is 3.19. The van der Waals surface area contributed by atoms with E-state index < -0.39 is 0 Å². The number of aliphatic hydroxyl groups is 1. The molecule has 2 N–H and O–H groups in total. The molecule has 1 aromatic rings. The first-order valence-corrected chi connectivity index (χ1v) is 7.15. The van der Waals surface area contributed by atoms with Gasteiger partial charge in [-0.05, 0) is 37.9 Å². The summed E-state index contributed by atoms with van der Waals surface area (Å²) in [4.78, 5) is 0. The van der Waals surface area contributed by atoms with Gasteiger partial charge in [-0.3, -0.25) is 0 Å². The molecule has 1 atom stereocenters. The SMILES string of the molecule is CCc1ccc(OC)c(C(NC)C2(CO)CCC2)c1. The normalized spacial score (nSPS) is 18.7. The Kier molecular flexibility index (Phi) is 4.48. The van der Waals surface area contributed by atoms with Crippen molar-refractivity contribution in [2.45, 2.75) is 38.6 Å². The number of rotatable bonds is 6. The van der Waals surface area contributed by atoms with Crippen molar-refractivity contribution in [3.63, 3.8) is 0 Å². The van der Waals surface area contributed by atoms with Crippen LogP contribution in [0.15, 0.2) is 18.2 Å². The summed E-state index contributed by atoms with van der Waals surface area (Å²) in [6.45, 7) is 2.39. The quantitative estimate of drug-likeness (QED) is 0.829. The number of nitrogens with one attached hydrogen (secondary N) is 1. The summed E-state index contributed by atoms with van der Waals surface area (Å²) in [7, 11) is 3.68. The van der Waals surface area contributed by atoms with Gasteiger partial charge in [-0.2, -0.15) is 0 Å². The largest absolute Gasteiger partial charge is 0.496 e. The fourth-order valence-electron chi connectivity index (χ4n) is 3.19. The molecule has 0 aliphatic heterocycles. The summed E-state index contributed by atoms with van der Waals surface area (Å²) >= 11 is 0. The summed E-state index contributed by atoms with van der Waals surface area (Å²) in [6, 6.07) is 6.53. The lowest BCUT2D eigenvalue weighted by molar-refractivity contribution is 0.00712. The summed E-state index contributed by atoms with van der Waals surface area (Å²) in [5, 5.41) is 13.2. The number of hydrogen-bond acceptors (Lipinski definition) is 3. The number of ether oxygens (including phenoxy) is 1. The van der Waals surface area contributed by atoms with Crippen molar-refractivity contribution in [1.29, 1.82) is 0 Å². The van der Waals surface area contributed by atoms with Gasteiger partial charge in [-0.25, -0.2) is 0 Å². The monoisotopic (exact) mass is 263 g/mol. The van der Waals surface area contributed by atoms with Crippen molar-refractivity contribution in [2.24, 2.45) is 5.41 Å². The van der Waals surface area contributed by atoms with E-state index in [-0.39, 0.29) is 18.1 Å². The molecule has 2 rings (SSSR count). The highest BCUT2D eigenvalue weighted by molar-refractivity contribution is 5.41. The van der Waals surface area contributed by atoms with Crippen molar-refractivity contribution >= 4 is 0 Å². The highest BCUT2D eigenvalue weighted by Gasteiger charge is 2.44. The lowest BCUT2D eigenvalue weighted by atomic mass is 9.62. The first-order chi connectivity index (χ1) is 9.20. The smallest absolute Gasteiger partial charge is 0.123 e. The Hall–Kier alpha value is -1.06. The maximum atomic E-state index is 9.81. The molecule has 1 fully saturated rings. The summed E-state index contributed by atoms with van der Waals surface area (Å²) in [5.74, 6) is 0.913. The Morgan fingerprint density at radius 1 is 1.42 bits per heavy atom. The van der Waals surface area contributed by atoms with Crippen molar-refractivity contribution in [1.82, 2.24) is 5.32 Å². The molecule has 1 aliphatic carbocycles. The van der Waals surface area contributed by atoms with Gasteiger partial charge >= 0.3 is 0 Å².